The molecule has 1 aliphatic heterocycles. The quantitative estimate of drug-likeness (QED) is 0.819. The summed E-state index contributed by atoms with van der Waals surface area (Å²) in [5, 5.41) is 4.67. The SMILES string of the molecule is O=C1CCC(C(=O)Nc2ccc3c(C(F)(F)F)cc(=O)oc3c2)N1. The maximum absolute atomic E-state index is 13.0. The maximum Gasteiger partial charge on any atom is 0.417 e. The first kappa shape index (κ1) is 16.0. The summed E-state index contributed by atoms with van der Waals surface area (Å²) in [6, 6.07) is 3.22. The molecule has 9 heteroatoms. The third kappa shape index (κ3) is 3.10. The van der Waals surface area contributed by atoms with E-state index in [1.165, 1.54) is 6.07 Å². The minimum atomic E-state index is -4.70. The Labute approximate surface area is 132 Å². The van der Waals surface area contributed by atoms with Gasteiger partial charge in [-0.3, -0.25) is 9.59 Å². The number of rotatable bonds is 2. The molecule has 0 spiro atoms. The van der Waals surface area contributed by atoms with E-state index in [1.807, 2.05) is 0 Å². The Morgan fingerprint density at radius 3 is 2.62 bits per heavy atom. The molecule has 1 aromatic heterocycles. The van der Waals surface area contributed by atoms with Gasteiger partial charge in [-0.05, 0) is 18.6 Å². The lowest BCUT2D eigenvalue weighted by Gasteiger charge is -2.12. The van der Waals surface area contributed by atoms with Gasteiger partial charge in [0.05, 0.1) is 5.56 Å². The second kappa shape index (κ2) is 5.66. The highest BCUT2D eigenvalue weighted by Crippen LogP contribution is 2.34. The second-order valence-electron chi connectivity index (χ2n) is 5.34. The van der Waals surface area contributed by atoms with E-state index >= 15 is 0 Å². The molecular weight excluding hydrogens is 329 g/mol. The molecular formula is C15H11F3N2O4. The molecule has 0 radical (unpaired) electrons. The molecule has 2 aromatic rings. The van der Waals surface area contributed by atoms with Gasteiger partial charge in [-0.25, -0.2) is 4.79 Å². The highest BCUT2D eigenvalue weighted by molar-refractivity contribution is 6.00. The van der Waals surface area contributed by atoms with Crippen LogP contribution in [-0.2, 0) is 15.8 Å². The summed E-state index contributed by atoms with van der Waals surface area (Å²) < 4.78 is 43.7. The van der Waals surface area contributed by atoms with Gasteiger partial charge in [0.2, 0.25) is 11.8 Å². The molecule has 1 unspecified atom stereocenters. The number of nitrogens with one attached hydrogen (secondary N) is 2. The molecule has 1 saturated heterocycles. The number of carbonyl (C=O) groups excluding carboxylic acids is 2. The maximum atomic E-state index is 13.0. The molecule has 1 fully saturated rings. The van der Waals surface area contributed by atoms with Crippen molar-refractivity contribution in [1.82, 2.24) is 5.32 Å². The van der Waals surface area contributed by atoms with Crippen molar-refractivity contribution in [1.29, 1.82) is 0 Å². The predicted octanol–water partition coefficient (Wildman–Crippen LogP) is 2.03. The molecule has 3 rings (SSSR count). The van der Waals surface area contributed by atoms with Gasteiger partial charge in [-0.2, -0.15) is 13.2 Å². The van der Waals surface area contributed by atoms with Gasteiger partial charge >= 0.3 is 11.8 Å². The zero-order valence-electron chi connectivity index (χ0n) is 12.1. The van der Waals surface area contributed by atoms with Gasteiger partial charge in [-0.1, -0.05) is 0 Å². The number of carbonyl (C=O) groups is 2. The normalized spacial score (nSPS) is 17.8. The fourth-order valence-electron chi connectivity index (χ4n) is 2.52. The van der Waals surface area contributed by atoms with Gasteiger partial charge in [0.1, 0.15) is 11.6 Å². The number of alkyl halides is 3. The van der Waals surface area contributed by atoms with Crippen LogP contribution in [0, 0.1) is 0 Å². The molecule has 24 heavy (non-hydrogen) atoms. The minimum Gasteiger partial charge on any atom is -0.423 e. The van der Waals surface area contributed by atoms with Crippen LogP contribution in [0.2, 0.25) is 0 Å². The van der Waals surface area contributed by atoms with E-state index in [0.717, 1.165) is 12.1 Å². The van der Waals surface area contributed by atoms with Crippen molar-refractivity contribution >= 4 is 28.5 Å². The zero-order valence-corrected chi connectivity index (χ0v) is 12.1. The molecule has 1 aliphatic rings. The number of hydrogen-bond acceptors (Lipinski definition) is 4. The molecule has 2 N–H and O–H groups in total. The van der Waals surface area contributed by atoms with E-state index in [0.29, 0.717) is 12.5 Å². The predicted molar refractivity (Wildman–Crippen MR) is 77.3 cm³/mol. The average molecular weight is 340 g/mol. The number of hydrogen-bond donors (Lipinski definition) is 2. The number of fused-ring (bicyclic) bond motifs is 1. The molecule has 1 atom stereocenters. The van der Waals surface area contributed by atoms with E-state index in [9.17, 15) is 27.6 Å². The zero-order chi connectivity index (χ0) is 17.5. The summed E-state index contributed by atoms with van der Waals surface area (Å²) in [7, 11) is 0. The van der Waals surface area contributed by atoms with Crippen molar-refractivity contribution in [3.63, 3.8) is 0 Å². The van der Waals surface area contributed by atoms with Gasteiger partial charge in [-0.15, -0.1) is 0 Å². The monoisotopic (exact) mass is 340 g/mol. The lowest BCUT2D eigenvalue weighted by Crippen LogP contribution is -2.37. The first-order chi connectivity index (χ1) is 11.2. The fraction of sp³-hybridized carbons (Fsp3) is 0.267. The Kier molecular flexibility index (Phi) is 3.78. The molecule has 6 nitrogen and oxygen atoms in total. The molecule has 0 saturated carbocycles. The average Bonchev–Trinajstić information content (AvgIpc) is 2.92. The standard InChI is InChI=1S/C15H11F3N2O4/c16-15(17,18)9-6-13(22)24-11-5-7(1-2-8(9)11)19-14(23)10-3-4-12(21)20-10/h1-2,5-6,10H,3-4H2,(H,19,23)(H,20,21). The smallest absolute Gasteiger partial charge is 0.417 e. The van der Waals surface area contributed by atoms with Crippen molar-refractivity contribution in [3.8, 4) is 0 Å². The van der Waals surface area contributed by atoms with Crippen LogP contribution in [-0.4, -0.2) is 17.9 Å². The van der Waals surface area contributed by atoms with E-state index in [2.05, 4.69) is 10.6 Å². The summed E-state index contributed by atoms with van der Waals surface area (Å²) in [5.41, 5.74) is -2.37. The van der Waals surface area contributed by atoms with Crippen LogP contribution >= 0.6 is 0 Å². The first-order valence-corrected chi connectivity index (χ1v) is 6.99. The summed E-state index contributed by atoms with van der Waals surface area (Å²) in [6.45, 7) is 0. The molecule has 126 valence electrons. The van der Waals surface area contributed by atoms with Gasteiger partial charge < -0.3 is 15.1 Å². The third-order valence-corrected chi connectivity index (χ3v) is 3.63. The van der Waals surface area contributed by atoms with Crippen molar-refractivity contribution in [3.05, 3.63) is 40.2 Å². The lowest BCUT2D eigenvalue weighted by molar-refractivity contribution is -0.136. The summed E-state index contributed by atoms with van der Waals surface area (Å²) in [4.78, 5) is 34.4. The Hall–Kier alpha value is -2.84. The van der Waals surface area contributed by atoms with Crippen LogP contribution < -0.4 is 16.3 Å². The number of benzene rings is 1. The molecule has 2 amide bonds. The second-order valence-corrected chi connectivity index (χ2v) is 5.34. The minimum absolute atomic E-state index is 0.163. The van der Waals surface area contributed by atoms with Gasteiger partial charge in [0, 0.05) is 29.6 Å². The van der Waals surface area contributed by atoms with Crippen molar-refractivity contribution in [2.75, 3.05) is 5.32 Å². The van der Waals surface area contributed by atoms with Crippen LogP contribution in [0.25, 0.3) is 11.0 Å². The van der Waals surface area contributed by atoms with Crippen LogP contribution in [0.1, 0.15) is 18.4 Å². The Balaban J connectivity index is 1.93. The van der Waals surface area contributed by atoms with Crippen LogP contribution in [0.4, 0.5) is 18.9 Å². The Morgan fingerprint density at radius 2 is 2.00 bits per heavy atom. The van der Waals surface area contributed by atoms with Gasteiger partial charge in [0.25, 0.3) is 0 Å². The van der Waals surface area contributed by atoms with E-state index < -0.39 is 29.3 Å². The Bertz CT molecular complexity index is 888. The summed E-state index contributed by atoms with van der Waals surface area (Å²) in [5.74, 6) is -0.732. The largest absolute Gasteiger partial charge is 0.423 e. The number of anilines is 1. The first-order valence-electron chi connectivity index (χ1n) is 6.99. The molecule has 1 aromatic carbocycles. The number of halogens is 3. The lowest BCUT2D eigenvalue weighted by atomic mass is 10.1. The van der Waals surface area contributed by atoms with Crippen LogP contribution in [0.5, 0.6) is 0 Å². The number of amides is 2. The van der Waals surface area contributed by atoms with Gasteiger partial charge in [0.15, 0.2) is 0 Å². The third-order valence-electron chi connectivity index (χ3n) is 3.63. The van der Waals surface area contributed by atoms with Crippen molar-refractivity contribution in [2.45, 2.75) is 25.1 Å². The Morgan fingerprint density at radius 1 is 1.25 bits per heavy atom. The highest BCUT2D eigenvalue weighted by atomic mass is 19.4. The topological polar surface area (TPSA) is 88.4 Å². The van der Waals surface area contributed by atoms with E-state index in [4.69, 9.17) is 4.42 Å². The highest BCUT2D eigenvalue weighted by Gasteiger charge is 2.34. The molecule has 0 bridgehead atoms. The summed E-state index contributed by atoms with van der Waals surface area (Å²) in [6.07, 6.45) is -4.13. The molecule has 0 aliphatic carbocycles. The fourth-order valence-corrected chi connectivity index (χ4v) is 2.52. The van der Waals surface area contributed by atoms with Crippen molar-refractivity contribution < 1.29 is 27.2 Å². The van der Waals surface area contributed by atoms with Crippen LogP contribution in [0.15, 0.2) is 33.5 Å². The van der Waals surface area contributed by atoms with Crippen LogP contribution in [0.3, 0.4) is 0 Å². The molecule has 2 heterocycles. The van der Waals surface area contributed by atoms with E-state index in [-0.39, 0.29) is 29.0 Å². The van der Waals surface area contributed by atoms with Crippen molar-refractivity contribution in [2.24, 2.45) is 0 Å². The van der Waals surface area contributed by atoms with E-state index in [1.54, 1.807) is 0 Å². The summed E-state index contributed by atoms with van der Waals surface area (Å²) >= 11 is 0.